The molecule has 2 heterocycles. The third-order valence-corrected chi connectivity index (χ3v) is 6.34. The third-order valence-electron chi connectivity index (χ3n) is 6.34. The van der Waals surface area contributed by atoms with Crippen LogP contribution in [0.15, 0.2) is 0 Å². The Bertz CT molecular complexity index is 478. The fraction of sp³-hybridized carbons (Fsp3) is 0.895. The van der Waals surface area contributed by atoms with Gasteiger partial charge < -0.3 is 15.4 Å². The van der Waals surface area contributed by atoms with Crippen LogP contribution in [0.5, 0.6) is 0 Å². The first kappa shape index (κ1) is 25.4. The van der Waals surface area contributed by atoms with Crippen molar-refractivity contribution in [1.29, 1.82) is 0 Å². The summed E-state index contributed by atoms with van der Waals surface area (Å²) in [4.78, 5) is 28.5. The van der Waals surface area contributed by atoms with Gasteiger partial charge >= 0.3 is 5.97 Å². The molecule has 1 unspecified atom stereocenters. The predicted molar refractivity (Wildman–Crippen MR) is 114 cm³/mol. The summed E-state index contributed by atoms with van der Waals surface area (Å²) >= 11 is 0. The molecule has 2 N–H and O–H groups in total. The minimum Gasteiger partial charge on any atom is -0.438 e. The number of nitrogens with one attached hydrogen (secondary N) is 2. The zero-order valence-corrected chi connectivity index (χ0v) is 18.5. The summed E-state index contributed by atoms with van der Waals surface area (Å²) in [5.74, 6) is -0.212. The summed E-state index contributed by atoms with van der Waals surface area (Å²) in [5.41, 5.74) is -0.789. The Balaban J connectivity index is 0.00000196. The molecule has 0 spiro atoms. The molecule has 9 heteroatoms. The Labute approximate surface area is 181 Å². The number of carbonyl (C=O) groups excluding carboxylic acids is 2. The van der Waals surface area contributed by atoms with E-state index in [9.17, 15) is 9.59 Å². The Morgan fingerprint density at radius 1 is 1.11 bits per heavy atom. The number of piperazine rings is 1. The summed E-state index contributed by atoms with van der Waals surface area (Å²) < 4.78 is 5.83. The highest BCUT2D eigenvalue weighted by Gasteiger charge is 2.38. The van der Waals surface area contributed by atoms with Crippen LogP contribution in [0, 0.1) is 0 Å². The zero-order valence-electron chi connectivity index (χ0n) is 16.9. The molecule has 0 aromatic carbocycles. The van der Waals surface area contributed by atoms with Gasteiger partial charge in [0.1, 0.15) is 6.04 Å². The summed E-state index contributed by atoms with van der Waals surface area (Å²) in [6.07, 6.45) is 7.64. The van der Waals surface area contributed by atoms with Gasteiger partial charge in [-0.25, -0.2) is 0 Å². The van der Waals surface area contributed by atoms with Crippen LogP contribution in [0.25, 0.3) is 0 Å². The van der Waals surface area contributed by atoms with Gasteiger partial charge in [0.05, 0.1) is 0 Å². The third kappa shape index (κ3) is 6.46. The van der Waals surface area contributed by atoms with E-state index in [-0.39, 0.29) is 36.8 Å². The number of piperidine rings is 1. The largest absolute Gasteiger partial charge is 0.438 e. The zero-order chi connectivity index (χ0) is 18.4. The molecule has 1 amide bonds. The lowest BCUT2D eigenvalue weighted by Gasteiger charge is -2.43. The minimum absolute atomic E-state index is 0. The molecule has 0 radical (unpaired) electrons. The van der Waals surface area contributed by atoms with Crippen molar-refractivity contribution >= 4 is 37.2 Å². The first-order valence-corrected chi connectivity index (χ1v) is 10.3. The summed E-state index contributed by atoms with van der Waals surface area (Å²) in [6, 6.07) is 0.417. The second kappa shape index (κ2) is 12.2. The van der Waals surface area contributed by atoms with Gasteiger partial charge in [0.2, 0.25) is 6.41 Å². The molecule has 0 bridgehead atoms. The lowest BCUT2D eigenvalue weighted by Crippen LogP contribution is -2.57. The van der Waals surface area contributed by atoms with Gasteiger partial charge in [-0.15, -0.1) is 24.8 Å². The van der Waals surface area contributed by atoms with Gasteiger partial charge in [0, 0.05) is 45.1 Å². The number of carbonyl (C=O) groups is 2. The summed E-state index contributed by atoms with van der Waals surface area (Å²) in [7, 11) is 0. The highest BCUT2D eigenvalue weighted by molar-refractivity contribution is 5.85. The maximum Gasteiger partial charge on any atom is 0.325 e. The molecule has 3 rings (SSSR count). The van der Waals surface area contributed by atoms with Crippen LogP contribution in [0.3, 0.4) is 0 Å². The topological polar surface area (TPSA) is 73.9 Å². The fourth-order valence-corrected chi connectivity index (χ4v) is 4.59. The van der Waals surface area contributed by atoms with Crippen molar-refractivity contribution in [2.45, 2.75) is 69.7 Å². The first-order chi connectivity index (χ1) is 12.6. The maximum absolute atomic E-state index is 12.7. The van der Waals surface area contributed by atoms with Crippen LogP contribution in [-0.2, 0) is 14.3 Å². The smallest absolute Gasteiger partial charge is 0.325 e. The van der Waals surface area contributed by atoms with E-state index in [1.54, 1.807) is 0 Å². The van der Waals surface area contributed by atoms with Crippen LogP contribution in [0.1, 0.15) is 51.9 Å². The molecular weight excluding hydrogens is 403 g/mol. The number of halogens is 2. The Kier molecular flexibility index (Phi) is 11.1. The predicted octanol–water partition coefficient (Wildman–Crippen LogP) is 1.54. The minimum atomic E-state index is -0.789. The van der Waals surface area contributed by atoms with Gasteiger partial charge in [-0.3, -0.25) is 19.4 Å². The molecule has 0 aromatic rings. The second-order valence-corrected chi connectivity index (χ2v) is 7.97. The number of esters is 1. The quantitative estimate of drug-likeness (QED) is 0.372. The van der Waals surface area contributed by atoms with Gasteiger partial charge in [0.25, 0.3) is 0 Å². The first-order valence-electron chi connectivity index (χ1n) is 10.3. The monoisotopic (exact) mass is 438 g/mol. The Hall–Kier alpha value is -0.600. The van der Waals surface area contributed by atoms with Crippen LogP contribution in [-0.4, -0.2) is 79.3 Å². The second-order valence-electron chi connectivity index (χ2n) is 7.97. The highest BCUT2D eigenvalue weighted by Crippen LogP contribution is 2.30. The molecule has 3 fully saturated rings. The van der Waals surface area contributed by atoms with Crippen molar-refractivity contribution in [2.24, 2.45) is 0 Å². The van der Waals surface area contributed by atoms with Crippen molar-refractivity contribution in [3.05, 3.63) is 0 Å². The van der Waals surface area contributed by atoms with Gasteiger partial charge in [-0.2, -0.15) is 0 Å². The van der Waals surface area contributed by atoms with Crippen molar-refractivity contribution in [3.8, 4) is 0 Å². The van der Waals surface area contributed by atoms with Crippen LogP contribution >= 0.6 is 24.8 Å². The standard InChI is InChI=1S/C19H34N4O3.2ClH/c1-16(18(25)26-19(21-15-24)7-3-2-4-8-19)22-11-13-23(14-12-22)17-5-9-20-10-6-17;;/h15-17,20H,2-14H2,1H3,(H,21,24);2*1H. The highest BCUT2D eigenvalue weighted by atomic mass is 35.5. The normalized spacial score (nSPS) is 24.9. The van der Waals surface area contributed by atoms with Crippen LogP contribution in [0.2, 0.25) is 0 Å². The van der Waals surface area contributed by atoms with E-state index in [1.807, 2.05) is 6.92 Å². The van der Waals surface area contributed by atoms with E-state index in [0.29, 0.717) is 25.3 Å². The van der Waals surface area contributed by atoms with E-state index in [0.717, 1.165) is 58.5 Å². The molecule has 1 saturated carbocycles. The molecule has 2 saturated heterocycles. The lowest BCUT2D eigenvalue weighted by atomic mass is 9.91. The number of hydrogen-bond acceptors (Lipinski definition) is 6. The molecule has 7 nitrogen and oxygen atoms in total. The number of ether oxygens (including phenoxy) is 1. The molecule has 28 heavy (non-hydrogen) atoms. The van der Waals surface area contributed by atoms with Gasteiger partial charge in [-0.05, 0) is 45.7 Å². The maximum atomic E-state index is 12.7. The number of hydrogen-bond donors (Lipinski definition) is 2. The average molecular weight is 439 g/mol. The van der Waals surface area contributed by atoms with Crippen LogP contribution in [0.4, 0.5) is 0 Å². The summed E-state index contributed by atoms with van der Waals surface area (Å²) in [6.45, 7) is 7.97. The SMILES string of the molecule is CC(C(=O)OC1(NC=O)CCCCC1)N1CCN(C2CCNCC2)CC1.Cl.Cl. The average Bonchev–Trinajstić information content (AvgIpc) is 2.69. The summed E-state index contributed by atoms with van der Waals surface area (Å²) in [5, 5.41) is 6.20. The number of nitrogens with zero attached hydrogens (tertiary/aromatic N) is 2. The van der Waals surface area contributed by atoms with E-state index >= 15 is 0 Å². The van der Waals surface area contributed by atoms with E-state index in [1.165, 1.54) is 12.8 Å². The van der Waals surface area contributed by atoms with Crippen LogP contribution < -0.4 is 10.6 Å². The Morgan fingerprint density at radius 2 is 1.71 bits per heavy atom. The lowest BCUT2D eigenvalue weighted by molar-refractivity contribution is -0.174. The molecule has 164 valence electrons. The molecule has 3 aliphatic rings. The number of rotatable bonds is 6. The van der Waals surface area contributed by atoms with Crippen molar-refractivity contribution < 1.29 is 14.3 Å². The van der Waals surface area contributed by atoms with Crippen molar-refractivity contribution in [2.75, 3.05) is 39.3 Å². The molecule has 1 aliphatic carbocycles. The van der Waals surface area contributed by atoms with Gasteiger partial charge in [-0.1, -0.05) is 6.42 Å². The molecule has 0 aromatic heterocycles. The van der Waals surface area contributed by atoms with E-state index in [4.69, 9.17) is 4.74 Å². The molecular formula is C19H36Cl2N4O3. The molecule has 2 aliphatic heterocycles. The van der Waals surface area contributed by atoms with Crippen molar-refractivity contribution in [3.63, 3.8) is 0 Å². The molecule has 1 atom stereocenters. The van der Waals surface area contributed by atoms with E-state index < -0.39 is 5.72 Å². The number of amides is 1. The van der Waals surface area contributed by atoms with E-state index in [2.05, 4.69) is 20.4 Å². The van der Waals surface area contributed by atoms with Crippen molar-refractivity contribution in [1.82, 2.24) is 20.4 Å². The fourth-order valence-electron chi connectivity index (χ4n) is 4.59. The van der Waals surface area contributed by atoms with Gasteiger partial charge in [0.15, 0.2) is 5.72 Å². The Morgan fingerprint density at radius 3 is 2.29 bits per heavy atom.